The first kappa shape index (κ1) is 9.76. The Labute approximate surface area is 93.6 Å². The molecule has 14 heavy (non-hydrogen) atoms. The molecule has 0 aliphatic heterocycles. The molecule has 72 valence electrons. The monoisotopic (exact) mass is 270 g/mol. The molecule has 5 heteroatoms. The molecule has 0 radical (unpaired) electrons. The maximum absolute atomic E-state index is 9.94. The van der Waals surface area contributed by atoms with Gasteiger partial charge in [-0.1, -0.05) is 6.07 Å². The topological polar surface area (TPSA) is 46.0 Å². The van der Waals surface area contributed by atoms with Crippen molar-refractivity contribution >= 4 is 27.3 Å². The second-order valence-electron chi connectivity index (χ2n) is 2.66. The Balaban J connectivity index is 2.34. The molecule has 2 heterocycles. The van der Waals surface area contributed by atoms with Gasteiger partial charge in [0.2, 0.25) is 0 Å². The molecule has 0 saturated heterocycles. The summed E-state index contributed by atoms with van der Waals surface area (Å²) in [6, 6.07) is 5.45. The Morgan fingerprint density at radius 2 is 2.21 bits per heavy atom. The quantitative estimate of drug-likeness (QED) is 0.912. The Morgan fingerprint density at radius 3 is 2.79 bits per heavy atom. The van der Waals surface area contributed by atoms with Gasteiger partial charge in [-0.25, -0.2) is 4.98 Å². The Bertz CT molecular complexity index is 418. The lowest BCUT2D eigenvalue weighted by molar-refractivity contribution is 0.218. The summed E-state index contributed by atoms with van der Waals surface area (Å²) in [5, 5.41) is 9.94. The molecule has 2 aromatic heterocycles. The fourth-order valence-electron chi connectivity index (χ4n) is 1.09. The summed E-state index contributed by atoms with van der Waals surface area (Å²) in [6.45, 7) is 0. The van der Waals surface area contributed by atoms with Crippen LogP contribution in [-0.4, -0.2) is 15.1 Å². The first-order valence-electron chi connectivity index (χ1n) is 3.97. The van der Waals surface area contributed by atoms with E-state index in [2.05, 4.69) is 25.9 Å². The van der Waals surface area contributed by atoms with Crippen LogP contribution in [-0.2, 0) is 0 Å². The predicted molar refractivity (Wildman–Crippen MR) is 58.1 cm³/mol. The highest BCUT2D eigenvalue weighted by Crippen LogP contribution is 2.29. The van der Waals surface area contributed by atoms with Gasteiger partial charge in [0.15, 0.2) is 0 Å². The lowest BCUT2D eigenvalue weighted by Gasteiger charge is -2.06. The third-order valence-electron chi connectivity index (χ3n) is 1.77. The number of hydrogen-bond donors (Lipinski definition) is 1. The maximum atomic E-state index is 9.94. The number of aliphatic hydroxyl groups is 1. The highest BCUT2D eigenvalue weighted by molar-refractivity contribution is 9.10. The van der Waals surface area contributed by atoms with E-state index in [9.17, 15) is 5.11 Å². The predicted octanol–water partition coefficient (Wildman–Crippen LogP) is 2.38. The number of aromatic nitrogens is 2. The van der Waals surface area contributed by atoms with Crippen molar-refractivity contribution in [3.63, 3.8) is 0 Å². The van der Waals surface area contributed by atoms with E-state index in [1.165, 1.54) is 11.3 Å². The highest BCUT2D eigenvalue weighted by atomic mass is 79.9. The van der Waals surface area contributed by atoms with Gasteiger partial charge >= 0.3 is 0 Å². The molecule has 0 amide bonds. The van der Waals surface area contributed by atoms with Crippen LogP contribution in [0.4, 0.5) is 0 Å². The molecule has 0 saturated carbocycles. The summed E-state index contributed by atoms with van der Waals surface area (Å²) in [7, 11) is 0. The maximum Gasteiger partial charge on any atom is 0.133 e. The second-order valence-corrected chi connectivity index (χ2v) is 4.30. The van der Waals surface area contributed by atoms with Gasteiger partial charge in [-0.2, -0.15) is 0 Å². The number of thiazole rings is 1. The van der Waals surface area contributed by atoms with E-state index in [4.69, 9.17) is 0 Å². The minimum absolute atomic E-state index is 0.637. The molecule has 1 unspecified atom stereocenters. The number of pyridine rings is 1. The lowest BCUT2D eigenvalue weighted by Crippen LogP contribution is -2.00. The number of hydrogen-bond acceptors (Lipinski definition) is 4. The standard InChI is InChI=1S/C9H7BrN2OS/c10-9-8(14-5-12-9)7(13)6-3-1-2-4-11-6/h1-5,7,13H. The van der Waals surface area contributed by atoms with Crippen molar-refractivity contribution in [1.82, 2.24) is 9.97 Å². The van der Waals surface area contributed by atoms with Crippen molar-refractivity contribution in [2.45, 2.75) is 6.10 Å². The summed E-state index contributed by atoms with van der Waals surface area (Å²) >= 11 is 4.68. The van der Waals surface area contributed by atoms with Crippen LogP contribution in [0.1, 0.15) is 16.7 Å². The molecule has 0 aliphatic rings. The van der Waals surface area contributed by atoms with Crippen LogP contribution < -0.4 is 0 Å². The van der Waals surface area contributed by atoms with E-state index in [0.717, 1.165) is 4.88 Å². The normalized spacial score (nSPS) is 12.7. The van der Waals surface area contributed by atoms with Gasteiger partial charge in [0, 0.05) is 6.20 Å². The van der Waals surface area contributed by atoms with Crippen molar-refractivity contribution in [3.8, 4) is 0 Å². The van der Waals surface area contributed by atoms with Gasteiger partial charge < -0.3 is 5.11 Å². The van der Waals surface area contributed by atoms with Crippen LogP contribution in [0.5, 0.6) is 0 Å². The van der Waals surface area contributed by atoms with Crippen LogP contribution >= 0.6 is 27.3 Å². The number of rotatable bonds is 2. The first-order chi connectivity index (χ1) is 6.79. The van der Waals surface area contributed by atoms with Crippen LogP contribution in [0.25, 0.3) is 0 Å². The van der Waals surface area contributed by atoms with Crippen molar-refractivity contribution in [1.29, 1.82) is 0 Å². The van der Waals surface area contributed by atoms with Crippen LogP contribution in [0.3, 0.4) is 0 Å². The Morgan fingerprint density at radius 1 is 1.36 bits per heavy atom. The zero-order chi connectivity index (χ0) is 9.97. The minimum atomic E-state index is -0.696. The van der Waals surface area contributed by atoms with E-state index in [1.54, 1.807) is 17.8 Å². The van der Waals surface area contributed by atoms with E-state index in [-0.39, 0.29) is 0 Å². The SMILES string of the molecule is OC(c1ccccn1)c1scnc1Br. The largest absolute Gasteiger partial charge is 0.381 e. The average Bonchev–Trinajstić information content (AvgIpc) is 2.65. The zero-order valence-electron chi connectivity index (χ0n) is 7.09. The van der Waals surface area contributed by atoms with Gasteiger partial charge in [-0.15, -0.1) is 11.3 Å². The Kier molecular flexibility index (Phi) is 2.90. The van der Waals surface area contributed by atoms with E-state index in [0.29, 0.717) is 10.3 Å². The summed E-state index contributed by atoms with van der Waals surface area (Å²) in [6.07, 6.45) is 0.964. The fourth-order valence-corrected chi connectivity index (χ4v) is 2.50. The zero-order valence-corrected chi connectivity index (χ0v) is 9.49. The molecule has 0 aliphatic carbocycles. The second kappa shape index (κ2) is 4.16. The molecule has 1 atom stereocenters. The Hall–Kier alpha value is -0.780. The molecule has 2 aromatic rings. The summed E-state index contributed by atoms with van der Waals surface area (Å²) in [5.41, 5.74) is 2.32. The smallest absolute Gasteiger partial charge is 0.133 e. The highest BCUT2D eigenvalue weighted by Gasteiger charge is 2.16. The molecular formula is C9H7BrN2OS. The van der Waals surface area contributed by atoms with Crippen LogP contribution in [0.2, 0.25) is 0 Å². The van der Waals surface area contributed by atoms with Gasteiger partial charge in [-0.05, 0) is 28.1 Å². The van der Waals surface area contributed by atoms with Gasteiger partial charge in [0.25, 0.3) is 0 Å². The number of nitrogens with zero attached hydrogens (tertiary/aromatic N) is 2. The molecule has 0 bridgehead atoms. The van der Waals surface area contributed by atoms with E-state index >= 15 is 0 Å². The average molecular weight is 271 g/mol. The minimum Gasteiger partial charge on any atom is -0.381 e. The van der Waals surface area contributed by atoms with Gasteiger partial charge in [-0.3, -0.25) is 4.98 Å². The number of aliphatic hydroxyl groups excluding tert-OH is 1. The van der Waals surface area contributed by atoms with Gasteiger partial charge in [0.05, 0.1) is 16.1 Å². The fraction of sp³-hybridized carbons (Fsp3) is 0.111. The molecule has 2 rings (SSSR count). The van der Waals surface area contributed by atoms with E-state index in [1.807, 2.05) is 12.1 Å². The van der Waals surface area contributed by atoms with Crippen molar-refractivity contribution < 1.29 is 5.11 Å². The summed E-state index contributed by atoms with van der Waals surface area (Å²) in [4.78, 5) is 8.88. The first-order valence-corrected chi connectivity index (χ1v) is 5.64. The third-order valence-corrected chi connectivity index (χ3v) is 3.54. The van der Waals surface area contributed by atoms with Crippen LogP contribution in [0, 0.1) is 0 Å². The van der Waals surface area contributed by atoms with Gasteiger partial charge in [0.1, 0.15) is 10.7 Å². The number of halogens is 1. The van der Waals surface area contributed by atoms with Crippen LogP contribution in [0.15, 0.2) is 34.5 Å². The molecular weight excluding hydrogens is 264 g/mol. The van der Waals surface area contributed by atoms with Crippen molar-refractivity contribution in [2.24, 2.45) is 0 Å². The molecule has 0 spiro atoms. The van der Waals surface area contributed by atoms with E-state index < -0.39 is 6.10 Å². The molecule has 3 nitrogen and oxygen atoms in total. The third kappa shape index (κ3) is 1.84. The summed E-state index contributed by atoms with van der Waals surface area (Å²) in [5.74, 6) is 0. The van der Waals surface area contributed by atoms with Crippen molar-refractivity contribution in [2.75, 3.05) is 0 Å². The molecule has 0 aromatic carbocycles. The molecule has 1 N–H and O–H groups in total. The molecule has 0 fully saturated rings. The van der Waals surface area contributed by atoms with Crippen molar-refractivity contribution in [3.05, 3.63) is 45.1 Å². The summed E-state index contributed by atoms with van der Waals surface area (Å²) < 4.78 is 0.681. The lowest BCUT2D eigenvalue weighted by atomic mass is 10.2.